The number of aliphatic carboxylic acids is 2. The van der Waals surface area contributed by atoms with Crippen molar-refractivity contribution in [1.82, 2.24) is 14.4 Å². The lowest BCUT2D eigenvalue weighted by Crippen LogP contribution is -2.20. The van der Waals surface area contributed by atoms with Gasteiger partial charge in [0, 0.05) is 41.1 Å². The molecule has 0 amide bonds. The van der Waals surface area contributed by atoms with Gasteiger partial charge >= 0.3 is 11.9 Å². The molecule has 0 saturated carbocycles. The molecule has 1 aliphatic carbocycles. The number of fused-ring (bicyclic) bond motifs is 3. The van der Waals surface area contributed by atoms with Crippen LogP contribution in [0.25, 0.3) is 5.78 Å². The molecule has 10 nitrogen and oxygen atoms in total. The number of carboxylic acid groups (broad SMARTS) is 2. The third-order valence-electron chi connectivity index (χ3n) is 6.27. The fourth-order valence-electron chi connectivity index (χ4n) is 4.46. The minimum absolute atomic E-state index is 0.0519. The van der Waals surface area contributed by atoms with E-state index in [4.69, 9.17) is 9.47 Å². The van der Waals surface area contributed by atoms with E-state index in [1.807, 2.05) is 40.9 Å². The average molecular weight is 523 g/mol. The van der Waals surface area contributed by atoms with Gasteiger partial charge < -0.3 is 19.7 Å². The van der Waals surface area contributed by atoms with Crippen LogP contribution in [0.3, 0.4) is 0 Å². The van der Waals surface area contributed by atoms with Crippen molar-refractivity contribution in [3.8, 4) is 5.88 Å². The summed E-state index contributed by atoms with van der Waals surface area (Å²) in [5, 5.41) is 18.4. The van der Waals surface area contributed by atoms with Gasteiger partial charge in [-0.3, -0.25) is 9.39 Å². The highest BCUT2D eigenvalue weighted by Gasteiger charge is 2.28. The summed E-state index contributed by atoms with van der Waals surface area (Å²) >= 11 is 1.24. The summed E-state index contributed by atoms with van der Waals surface area (Å²) in [6.45, 7) is 1.32. The minimum atomic E-state index is -1.15. The molecule has 2 aromatic heterocycles. The van der Waals surface area contributed by atoms with Gasteiger partial charge in [-0.1, -0.05) is 30.3 Å². The number of imidazole rings is 1. The largest absolute Gasteiger partial charge is 0.478 e. The summed E-state index contributed by atoms with van der Waals surface area (Å²) in [6, 6.07) is 9.95. The lowest BCUT2D eigenvalue weighted by molar-refractivity contribution is -0.133. The van der Waals surface area contributed by atoms with Gasteiger partial charge in [0.2, 0.25) is 11.7 Å². The summed E-state index contributed by atoms with van der Waals surface area (Å²) in [5.74, 6) is -1.10. The van der Waals surface area contributed by atoms with E-state index in [-0.39, 0.29) is 17.0 Å². The van der Waals surface area contributed by atoms with E-state index in [9.17, 15) is 19.8 Å². The van der Waals surface area contributed by atoms with Gasteiger partial charge in [-0.15, -0.1) is 11.8 Å². The minimum Gasteiger partial charge on any atom is -0.478 e. The summed E-state index contributed by atoms with van der Waals surface area (Å²) in [4.78, 5) is 36.3. The van der Waals surface area contributed by atoms with Crippen molar-refractivity contribution in [3.05, 3.63) is 70.8 Å². The van der Waals surface area contributed by atoms with Gasteiger partial charge in [0.15, 0.2) is 0 Å². The van der Waals surface area contributed by atoms with Crippen molar-refractivity contribution in [2.24, 2.45) is 4.99 Å². The molecule has 3 aromatic rings. The van der Waals surface area contributed by atoms with Crippen LogP contribution in [-0.2, 0) is 40.2 Å². The van der Waals surface area contributed by atoms with Crippen molar-refractivity contribution in [2.75, 3.05) is 19.0 Å². The number of ether oxygens (including phenoxy) is 2. The predicted molar refractivity (Wildman–Crippen MR) is 137 cm³/mol. The Morgan fingerprint density at radius 1 is 1.08 bits per heavy atom. The van der Waals surface area contributed by atoms with Gasteiger partial charge in [0.25, 0.3) is 0 Å². The maximum Gasteiger partial charge on any atom is 0.351 e. The van der Waals surface area contributed by atoms with Gasteiger partial charge in [-0.2, -0.15) is 4.98 Å². The molecule has 192 valence electrons. The molecule has 1 aromatic carbocycles. The van der Waals surface area contributed by atoms with Crippen LogP contribution in [0.1, 0.15) is 28.9 Å². The molecule has 2 aliphatic rings. The van der Waals surface area contributed by atoms with Crippen LogP contribution >= 0.6 is 11.8 Å². The predicted octanol–water partition coefficient (Wildman–Crippen LogP) is 2.97. The Hall–Kier alpha value is -3.70. The maximum atomic E-state index is 11.8. The smallest absolute Gasteiger partial charge is 0.351 e. The first-order chi connectivity index (χ1) is 18.0. The van der Waals surface area contributed by atoms with Gasteiger partial charge in [-0.05, 0) is 24.8 Å². The van der Waals surface area contributed by atoms with E-state index in [0.717, 1.165) is 42.3 Å². The van der Waals surface area contributed by atoms with E-state index in [1.54, 1.807) is 0 Å². The second-order valence-electron chi connectivity index (χ2n) is 8.76. The van der Waals surface area contributed by atoms with E-state index in [0.29, 0.717) is 43.6 Å². The first-order valence-electron chi connectivity index (χ1n) is 12.0. The normalized spacial score (nSPS) is 17.1. The van der Waals surface area contributed by atoms with Crippen LogP contribution in [0, 0.1) is 0 Å². The number of aliphatic imine (C=N–C) groups is 1. The van der Waals surface area contributed by atoms with Crippen LogP contribution < -0.4 is 4.74 Å². The standard InChI is InChI=1S/C26H26N4O6S/c31-24(32)19-12-27-20(25(33)34)15-37-22(19)11-17-13-30-21-8-4-7-18(21)23(29-26(30)28-17)36-10-9-35-14-16-5-2-1-3-6-16/h1-3,5-6,12-13,22H,4,7-11,14-15H2,(H,31,32)(H,33,34). The number of hydrogen-bond acceptors (Lipinski definition) is 8. The molecule has 0 fully saturated rings. The highest BCUT2D eigenvalue weighted by Crippen LogP contribution is 2.32. The lowest BCUT2D eigenvalue weighted by Gasteiger charge is -2.13. The van der Waals surface area contributed by atoms with Crippen LogP contribution in [0.2, 0.25) is 0 Å². The highest BCUT2D eigenvalue weighted by atomic mass is 32.2. The molecule has 1 unspecified atom stereocenters. The van der Waals surface area contributed by atoms with Crippen LogP contribution in [0.5, 0.6) is 5.88 Å². The van der Waals surface area contributed by atoms with Crippen LogP contribution in [0.15, 0.2) is 53.3 Å². The number of rotatable bonds is 10. The Kier molecular flexibility index (Phi) is 7.52. The second-order valence-corrected chi connectivity index (χ2v) is 9.95. The summed E-state index contributed by atoms with van der Waals surface area (Å²) in [7, 11) is 0. The quantitative estimate of drug-likeness (QED) is 0.385. The molecular formula is C26H26N4O6S. The summed E-state index contributed by atoms with van der Waals surface area (Å²) < 4.78 is 13.7. The molecule has 11 heteroatoms. The Labute approximate surface area is 217 Å². The van der Waals surface area contributed by atoms with Crippen LogP contribution in [0.4, 0.5) is 0 Å². The van der Waals surface area contributed by atoms with E-state index in [1.165, 1.54) is 11.8 Å². The van der Waals surface area contributed by atoms with Crippen molar-refractivity contribution in [1.29, 1.82) is 0 Å². The number of hydrogen-bond donors (Lipinski definition) is 2. The zero-order valence-electron chi connectivity index (χ0n) is 20.0. The fourth-order valence-corrected chi connectivity index (χ4v) is 5.65. The highest BCUT2D eigenvalue weighted by molar-refractivity contribution is 8.00. The fraction of sp³-hybridized carbons (Fsp3) is 0.346. The molecule has 37 heavy (non-hydrogen) atoms. The molecule has 3 heterocycles. The number of carboxylic acids is 2. The molecule has 1 aliphatic heterocycles. The first-order valence-corrected chi connectivity index (χ1v) is 13.0. The Morgan fingerprint density at radius 3 is 2.70 bits per heavy atom. The second kappa shape index (κ2) is 11.1. The molecule has 0 radical (unpaired) electrons. The van der Waals surface area contributed by atoms with E-state index >= 15 is 0 Å². The van der Waals surface area contributed by atoms with Crippen molar-refractivity contribution in [3.63, 3.8) is 0 Å². The molecule has 0 spiro atoms. The van der Waals surface area contributed by atoms with Crippen molar-refractivity contribution >= 4 is 35.2 Å². The van der Waals surface area contributed by atoms with Crippen LogP contribution in [-0.4, -0.2) is 66.4 Å². The SMILES string of the molecule is O=C(O)C1=CN=C(C(=O)O)CSC1Cc1cn2c3c(c(OCCOCc4ccccc4)nc2n1)CCC3. The summed E-state index contributed by atoms with van der Waals surface area (Å²) in [5.41, 5.74) is 3.92. The molecular weight excluding hydrogens is 496 g/mol. The molecule has 0 saturated heterocycles. The first kappa shape index (κ1) is 25.0. The van der Waals surface area contributed by atoms with Crippen molar-refractivity contribution in [2.45, 2.75) is 37.5 Å². The number of aryl methyl sites for hydroxylation is 1. The molecule has 1 atom stereocenters. The van der Waals surface area contributed by atoms with E-state index in [2.05, 4.69) is 15.0 Å². The Morgan fingerprint density at radius 2 is 1.92 bits per heavy atom. The monoisotopic (exact) mass is 522 g/mol. The van der Waals surface area contributed by atoms with Crippen molar-refractivity contribution < 1.29 is 29.3 Å². The topological polar surface area (TPSA) is 136 Å². The zero-order chi connectivity index (χ0) is 25.8. The van der Waals surface area contributed by atoms with Gasteiger partial charge in [0.05, 0.1) is 24.5 Å². The Balaban J connectivity index is 1.29. The molecule has 5 rings (SSSR count). The summed E-state index contributed by atoms with van der Waals surface area (Å²) in [6.07, 6.45) is 6.08. The number of aromatic nitrogens is 3. The lowest BCUT2D eigenvalue weighted by atomic mass is 10.1. The average Bonchev–Trinajstić information content (AvgIpc) is 3.46. The zero-order valence-corrected chi connectivity index (χ0v) is 20.8. The van der Waals surface area contributed by atoms with E-state index < -0.39 is 17.2 Å². The third-order valence-corrected chi connectivity index (χ3v) is 7.53. The maximum absolute atomic E-state index is 11.8. The Bertz CT molecular complexity index is 1380. The molecule has 0 bridgehead atoms. The van der Waals surface area contributed by atoms with Gasteiger partial charge in [-0.25, -0.2) is 14.6 Å². The molecule has 2 N–H and O–H groups in total. The van der Waals surface area contributed by atoms with Gasteiger partial charge in [0.1, 0.15) is 12.3 Å². The number of benzene rings is 1. The number of thioether (sulfide) groups is 1. The number of nitrogens with zero attached hydrogens (tertiary/aromatic N) is 4. The third kappa shape index (κ3) is 5.67. The number of carbonyl (C=O) groups is 2.